The maximum Gasteiger partial charge on any atom is 0.295 e. The zero-order valence-electron chi connectivity index (χ0n) is 20.7. The van der Waals surface area contributed by atoms with Gasteiger partial charge in [0.1, 0.15) is 6.33 Å². The van der Waals surface area contributed by atoms with Crippen LogP contribution >= 0.6 is 11.8 Å². The monoisotopic (exact) mass is 504 g/mol. The predicted octanol–water partition coefficient (Wildman–Crippen LogP) is 4.23. The number of hydrogen-bond donors (Lipinski definition) is 1. The Labute approximate surface area is 213 Å². The first kappa shape index (κ1) is 24.1. The number of fused-ring (bicyclic) bond motifs is 1. The van der Waals surface area contributed by atoms with Gasteiger partial charge in [-0.2, -0.15) is 0 Å². The van der Waals surface area contributed by atoms with Crippen LogP contribution in [0, 0.1) is 0 Å². The van der Waals surface area contributed by atoms with E-state index in [0.29, 0.717) is 35.3 Å². The second kappa shape index (κ2) is 10.2. The SMILES string of the molecule is CCSc1ccc(CNc2nc3ncc(-c4c(OC)ncnc4C4CC4)nc3n(C(C)C)c2=O)nc1. The van der Waals surface area contributed by atoms with Gasteiger partial charge in [-0.25, -0.2) is 24.9 Å². The Morgan fingerprint density at radius 2 is 1.97 bits per heavy atom. The van der Waals surface area contributed by atoms with Crippen molar-refractivity contribution in [2.75, 3.05) is 18.2 Å². The lowest BCUT2D eigenvalue weighted by Gasteiger charge is -2.16. The van der Waals surface area contributed by atoms with Crippen molar-refractivity contribution in [3.05, 3.63) is 52.6 Å². The summed E-state index contributed by atoms with van der Waals surface area (Å²) in [6.07, 6.45) is 7.13. The molecule has 0 unspecified atom stereocenters. The van der Waals surface area contributed by atoms with Gasteiger partial charge in [0.15, 0.2) is 17.1 Å². The van der Waals surface area contributed by atoms with Crippen molar-refractivity contribution < 1.29 is 4.74 Å². The van der Waals surface area contributed by atoms with E-state index in [1.807, 2.05) is 32.2 Å². The van der Waals surface area contributed by atoms with E-state index in [2.05, 4.69) is 37.2 Å². The van der Waals surface area contributed by atoms with E-state index in [0.717, 1.165) is 40.4 Å². The third-order valence-corrected chi connectivity index (χ3v) is 6.78. The van der Waals surface area contributed by atoms with Crippen molar-refractivity contribution in [1.29, 1.82) is 0 Å². The average molecular weight is 505 g/mol. The molecule has 4 aromatic rings. The highest BCUT2D eigenvalue weighted by Gasteiger charge is 2.31. The molecule has 36 heavy (non-hydrogen) atoms. The number of methoxy groups -OCH3 is 1. The summed E-state index contributed by atoms with van der Waals surface area (Å²) in [5, 5.41) is 3.14. The zero-order valence-corrected chi connectivity index (χ0v) is 21.5. The molecule has 0 bridgehead atoms. The summed E-state index contributed by atoms with van der Waals surface area (Å²) in [7, 11) is 1.57. The molecule has 0 saturated heterocycles. The molecule has 0 radical (unpaired) electrons. The number of nitrogens with one attached hydrogen (secondary N) is 1. The van der Waals surface area contributed by atoms with Crippen LogP contribution in [-0.4, -0.2) is 47.3 Å². The number of pyridine rings is 1. The van der Waals surface area contributed by atoms with E-state index in [1.54, 1.807) is 29.6 Å². The fraction of sp³-hybridized carbons (Fsp3) is 0.400. The van der Waals surface area contributed by atoms with Crippen LogP contribution in [-0.2, 0) is 6.54 Å². The van der Waals surface area contributed by atoms with Crippen LogP contribution in [0.15, 0.2) is 40.5 Å². The molecule has 11 heteroatoms. The number of anilines is 1. The van der Waals surface area contributed by atoms with Gasteiger partial charge >= 0.3 is 0 Å². The molecule has 4 heterocycles. The number of hydrogen-bond acceptors (Lipinski definition) is 10. The van der Waals surface area contributed by atoms with Crippen LogP contribution in [0.4, 0.5) is 5.82 Å². The Morgan fingerprint density at radius 3 is 2.64 bits per heavy atom. The predicted molar refractivity (Wildman–Crippen MR) is 139 cm³/mol. The Hall–Kier alpha value is -3.60. The molecular weight excluding hydrogens is 476 g/mol. The molecule has 10 nitrogen and oxygen atoms in total. The third kappa shape index (κ3) is 4.75. The molecule has 0 aliphatic heterocycles. The van der Waals surface area contributed by atoms with Crippen molar-refractivity contribution in [2.45, 2.75) is 57.0 Å². The van der Waals surface area contributed by atoms with Crippen LogP contribution in [0.25, 0.3) is 22.6 Å². The average Bonchev–Trinajstić information content (AvgIpc) is 3.73. The Morgan fingerprint density at radius 1 is 1.14 bits per heavy atom. The fourth-order valence-electron chi connectivity index (χ4n) is 4.08. The first-order valence-electron chi connectivity index (χ1n) is 12.0. The number of rotatable bonds is 9. The molecule has 1 aliphatic rings. The van der Waals surface area contributed by atoms with Gasteiger partial charge in [-0.1, -0.05) is 6.92 Å². The van der Waals surface area contributed by atoms with Crippen molar-refractivity contribution in [1.82, 2.24) is 34.5 Å². The van der Waals surface area contributed by atoms with Crippen LogP contribution < -0.4 is 15.6 Å². The molecule has 1 fully saturated rings. The smallest absolute Gasteiger partial charge is 0.295 e. The van der Waals surface area contributed by atoms with Gasteiger partial charge in [-0.15, -0.1) is 11.8 Å². The van der Waals surface area contributed by atoms with E-state index in [4.69, 9.17) is 9.72 Å². The number of thioether (sulfide) groups is 1. The highest BCUT2D eigenvalue weighted by atomic mass is 32.2. The molecule has 1 saturated carbocycles. The molecular formula is C25H28N8O2S. The number of nitrogens with zero attached hydrogens (tertiary/aromatic N) is 7. The highest BCUT2D eigenvalue weighted by molar-refractivity contribution is 7.99. The van der Waals surface area contributed by atoms with Gasteiger partial charge in [0.25, 0.3) is 5.56 Å². The summed E-state index contributed by atoms with van der Waals surface area (Å²) in [5.41, 5.74) is 3.52. The largest absolute Gasteiger partial charge is 0.480 e. The molecule has 1 N–H and O–H groups in total. The van der Waals surface area contributed by atoms with E-state index >= 15 is 0 Å². The molecule has 1 aliphatic carbocycles. The van der Waals surface area contributed by atoms with Gasteiger partial charge in [0.05, 0.1) is 42.5 Å². The minimum atomic E-state index is -0.263. The normalized spacial score (nSPS) is 13.4. The molecule has 0 amide bonds. The summed E-state index contributed by atoms with van der Waals surface area (Å²) in [5.74, 6) is 2.01. The van der Waals surface area contributed by atoms with Gasteiger partial charge in [0, 0.05) is 23.1 Å². The van der Waals surface area contributed by atoms with Crippen LogP contribution in [0.2, 0.25) is 0 Å². The van der Waals surface area contributed by atoms with E-state index in [9.17, 15) is 4.79 Å². The lowest BCUT2D eigenvalue weighted by atomic mass is 10.1. The maximum atomic E-state index is 13.4. The summed E-state index contributed by atoms with van der Waals surface area (Å²) in [4.78, 5) is 41.7. The van der Waals surface area contributed by atoms with Crippen molar-refractivity contribution >= 4 is 28.9 Å². The van der Waals surface area contributed by atoms with E-state index in [1.165, 1.54) is 6.33 Å². The van der Waals surface area contributed by atoms with Gasteiger partial charge in [-0.05, 0) is 44.6 Å². The maximum absolute atomic E-state index is 13.4. The first-order chi connectivity index (χ1) is 17.5. The summed E-state index contributed by atoms with van der Waals surface area (Å²) >= 11 is 1.74. The molecule has 0 atom stereocenters. The number of aromatic nitrogens is 7. The van der Waals surface area contributed by atoms with Crippen molar-refractivity contribution in [2.24, 2.45) is 0 Å². The molecule has 5 rings (SSSR count). The Kier molecular flexibility index (Phi) is 6.82. The molecule has 186 valence electrons. The minimum Gasteiger partial charge on any atom is -0.480 e. The third-order valence-electron chi connectivity index (χ3n) is 5.92. The van der Waals surface area contributed by atoms with Crippen LogP contribution in [0.1, 0.15) is 57.0 Å². The van der Waals surface area contributed by atoms with Crippen LogP contribution in [0.5, 0.6) is 5.88 Å². The molecule has 0 aromatic carbocycles. The Balaban J connectivity index is 1.53. The minimum absolute atomic E-state index is 0.159. The second-order valence-corrected chi connectivity index (χ2v) is 10.2. The van der Waals surface area contributed by atoms with E-state index < -0.39 is 0 Å². The lowest BCUT2D eigenvalue weighted by molar-refractivity contribution is 0.397. The summed E-state index contributed by atoms with van der Waals surface area (Å²) < 4.78 is 7.14. The lowest BCUT2D eigenvalue weighted by Crippen LogP contribution is -2.28. The van der Waals surface area contributed by atoms with Crippen molar-refractivity contribution in [3.63, 3.8) is 0 Å². The van der Waals surface area contributed by atoms with Crippen molar-refractivity contribution in [3.8, 4) is 17.1 Å². The standard InChI is InChI=1S/C25H28N8O2S/c1-5-36-17-9-8-16(26-11-17)10-27-22-25(34)33(14(2)3)23-21(32-22)28-12-18(31-23)19-20(15-6-7-15)29-13-30-24(19)35-4/h8-9,11-15H,5-7,10H2,1-4H3,(H,27,28,32). The first-order valence-corrected chi connectivity index (χ1v) is 13.0. The highest BCUT2D eigenvalue weighted by Crippen LogP contribution is 2.45. The molecule has 0 spiro atoms. The quantitative estimate of drug-likeness (QED) is 0.331. The van der Waals surface area contributed by atoms with Gasteiger partial charge in [0.2, 0.25) is 5.88 Å². The van der Waals surface area contributed by atoms with Crippen LogP contribution in [0.3, 0.4) is 0 Å². The Bertz CT molecular complexity index is 1450. The van der Waals surface area contributed by atoms with E-state index in [-0.39, 0.29) is 17.4 Å². The zero-order chi connectivity index (χ0) is 25.2. The summed E-state index contributed by atoms with van der Waals surface area (Å²) in [6, 6.07) is 3.82. The topological polar surface area (TPSA) is 121 Å². The molecule has 4 aromatic heterocycles. The van der Waals surface area contributed by atoms with Gasteiger partial charge in [-0.3, -0.25) is 14.3 Å². The number of ether oxygens (including phenoxy) is 1. The summed E-state index contributed by atoms with van der Waals surface area (Å²) in [6.45, 7) is 6.35. The second-order valence-electron chi connectivity index (χ2n) is 8.82. The fourth-order valence-corrected chi connectivity index (χ4v) is 4.70. The van der Waals surface area contributed by atoms with Gasteiger partial charge < -0.3 is 10.1 Å².